The molecule has 0 unspecified atom stereocenters. The Labute approximate surface area is 51.3 Å². The molecule has 0 aliphatic rings. The lowest BCUT2D eigenvalue weighted by Crippen LogP contribution is -2.12. The molecule has 0 atom stereocenters. The first-order valence-electron chi connectivity index (χ1n) is 1.31. The zero-order valence-electron chi connectivity index (χ0n) is 3.05. The fourth-order valence-electron chi connectivity index (χ4n) is 0.0373. The number of rotatable bonds is 1. The minimum atomic E-state index is -0.824. The van der Waals surface area contributed by atoms with Crippen molar-refractivity contribution in [1.29, 1.82) is 0 Å². The first-order chi connectivity index (χ1) is 2.81. The molecule has 0 saturated heterocycles. The number of aliphatic hydroxyl groups excluding tert-OH is 1. The Balaban J connectivity index is 0. The summed E-state index contributed by atoms with van der Waals surface area (Å²) in [4.78, 5) is 13.1. The van der Waals surface area contributed by atoms with Crippen molar-refractivity contribution in [2.24, 2.45) is 5.90 Å². The molecule has 0 rings (SSSR count). The molecule has 0 radical (unpaired) electrons. The highest BCUT2D eigenvalue weighted by atomic mass is 27.0. The average molecular weight is 121 g/mol. The summed E-state index contributed by atoms with van der Waals surface area (Å²) in [5, 5.41) is 7.78. The van der Waals surface area contributed by atoms with E-state index in [1.807, 2.05) is 0 Å². The minimum absolute atomic E-state index is 0. The van der Waals surface area contributed by atoms with Gasteiger partial charge in [-0.05, 0) is 0 Å². The summed E-state index contributed by atoms with van der Waals surface area (Å²) in [6.45, 7) is -0.656. The summed E-state index contributed by atoms with van der Waals surface area (Å²) in [5.74, 6) is 3.45. The van der Waals surface area contributed by atoms with Gasteiger partial charge in [0.05, 0.1) is 0 Å². The van der Waals surface area contributed by atoms with Crippen LogP contribution in [0.5, 0.6) is 0 Å². The van der Waals surface area contributed by atoms with Crippen molar-refractivity contribution in [3.63, 3.8) is 0 Å². The lowest BCUT2D eigenvalue weighted by Gasteiger charge is -1.85. The average Bonchev–Trinajstić information content (AvgIpc) is 1.65. The van der Waals surface area contributed by atoms with Gasteiger partial charge in [0.15, 0.2) is 17.4 Å². The number of hydrogen-bond acceptors (Lipinski definition) is 4. The first-order valence-corrected chi connectivity index (χ1v) is 1.31. The molecule has 0 aromatic carbocycles. The van der Waals surface area contributed by atoms with E-state index in [1.54, 1.807) is 0 Å². The normalized spacial score (nSPS) is 6.57. The van der Waals surface area contributed by atoms with Crippen molar-refractivity contribution in [2.75, 3.05) is 6.61 Å². The Morgan fingerprint density at radius 3 is 2.29 bits per heavy atom. The molecule has 3 N–H and O–H groups in total. The van der Waals surface area contributed by atoms with Gasteiger partial charge in [-0.2, -0.15) is 5.90 Å². The van der Waals surface area contributed by atoms with Crippen molar-refractivity contribution in [3.05, 3.63) is 0 Å². The number of carbonyl (C=O) groups excluding carboxylic acids is 1. The van der Waals surface area contributed by atoms with Crippen LogP contribution in [0.3, 0.4) is 0 Å². The molecule has 0 fully saturated rings. The monoisotopic (exact) mass is 121 g/mol. The Hall–Kier alpha value is -0.0775. The van der Waals surface area contributed by atoms with Crippen LogP contribution in [0.4, 0.5) is 0 Å². The van der Waals surface area contributed by atoms with E-state index in [0.717, 1.165) is 0 Å². The van der Waals surface area contributed by atoms with Crippen LogP contribution in [0.15, 0.2) is 0 Å². The van der Waals surface area contributed by atoms with Gasteiger partial charge in [0, 0.05) is 0 Å². The highest BCUT2D eigenvalue weighted by Gasteiger charge is 1.90. The first kappa shape index (κ1) is 10.0. The molecule has 42 valence electrons. The van der Waals surface area contributed by atoms with Crippen molar-refractivity contribution < 1.29 is 14.7 Å². The summed E-state index contributed by atoms with van der Waals surface area (Å²) in [5.41, 5.74) is 0. The van der Waals surface area contributed by atoms with E-state index in [9.17, 15) is 4.79 Å². The quantitative estimate of drug-likeness (QED) is 0.290. The molecule has 7 heavy (non-hydrogen) atoms. The Morgan fingerprint density at radius 1 is 1.86 bits per heavy atom. The van der Waals surface area contributed by atoms with Crippen molar-refractivity contribution >= 4 is 23.3 Å². The van der Waals surface area contributed by atoms with Gasteiger partial charge >= 0.3 is 5.97 Å². The highest BCUT2D eigenvalue weighted by Crippen LogP contribution is 1.59. The second-order valence-corrected chi connectivity index (χ2v) is 0.648. The van der Waals surface area contributed by atoms with Crippen LogP contribution >= 0.6 is 0 Å². The summed E-state index contributed by atoms with van der Waals surface area (Å²) >= 11 is 0. The van der Waals surface area contributed by atoms with E-state index < -0.39 is 12.6 Å². The van der Waals surface area contributed by atoms with Crippen LogP contribution in [-0.4, -0.2) is 35.0 Å². The summed E-state index contributed by atoms with van der Waals surface area (Å²) in [6, 6.07) is 0. The molecule has 0 aromatic rings. The molecule has 0 heterocycles. The lowest BCUT2D eigenvalue weighted by molar-refractivity contribution is -0.147. The third-order valence-corrected chi connectivity index (χ3v) is 0.261. The van der Waals surface area contributed by atoms with Gasteiger partial charge in [0.25, 0.3) is 0 Å². The number of aliphatic hydroxyl groups is 1. The van der Waals surface area contributed by atoms with E-state index in [-0.39, 0.29) is 17.4 Å². The second-order valence-electron chi connectivity index (χ2n) is 0.648. The summed E-state index contributed by atoms with van der Waals surface area (Å²) < 4.78 is 0. The van der Waals surface area contributed by atoms with Gasteiger partial charge in [0.2, 0.25) is 0 Å². The van der Waals surface area contributed by atoms with Crippen LogP contribution in [0, 0.1) is 0 Å². The van der Waals surface area contributed by atoms with E-state index in [4.69, 9.17) is 5.11 Å². The van der Waals surface area contributed by atoms with Crippen LogP contribution in [0.25, 0.3) is 0 Å². The number of carbonyl (C=O) groups is 1. The number of nitrogens with two attached hydrogens (primary N) is 1. The molecule has 0 amide bonds. The van der Waals surface area contributed by atoms with Crippen LogP contribution < -0.4 is 5.90 Å². The lowest BCUT2D eigenvalue weighted by atomic mass is 10.8. The standard InChI is InChI=1S/C2H5NO3.Al.3H/c3-6-2(5)1-4;;;;/h4H,1,3H2;;;;. The smallest absolute Gasteiger partial charge is 0.350 e. The van der Waals surface area contributed by atoms with Gasteiger partial charge in [-0.25, -0.2) is 4.79 Å². The predicted octanol–water partition coefficient (Wildman–Crippen LogP) is -2.79. The molecule has 0 saturated carbocycles. The predicted molar refractivity (Wildman–Crippen MR) is 27.3 cm³/mol. The van der Waals surface area contributed by atoms with Crippen LogP contribution in [-0.2, 0) is 9.63 Å². The summed E-state index contributed by atoms with van der Waals surface area (Å²) in [7, 11) is 0. The molecule has 0 aliphatic carbocycles. The SMILES string of the molecule is NOC(=O)CO.[AlH3]. The fraction of sp³-hybridized carbons (Fsp3) is 0.500. The van der Waals surface area contributed by atoms with E-state index in [2.05, 4.69) is 10.7 Å². The third kappa shape index (κ3) is 5.92. The maximum absolute atomic E-state index is 9.58. The third-order valence-electron chi connectivity index (χ3n) is 0.261. The maximum Gasteiger partial charge on any atom is 0.350 e. The molecular weight excluding hydrogens is 113 g/mol. The Kier molecular flexibility index (Phi) is 8.48. The Morgan fingerprint density at radius 2 is 2.29 bits per heavy atom. The maximum atomic E-state index is 9.58. The van der Waals surface area contributed by atoms with E-state index >= 15 is 0 Å². The zero-order valence-corrected chi connectivity index (χ0v) is 3.05. The molecular formula is C2H8AlNO3. The molecule has 5 heteroatoms. The Bertz CT molecular complexity index is 50.9. The molecule has 0 spiro atoms. The van der Waals surface area contributed by atoms with Crippen molar-refractivity contribution in [3.8, 4) is 0 Å². The number of hydrogen-bond donors (Lipinski definition) is 2. The largest absolute Gasteiger partial charge is 0.385 e. The van der Waals surface area contributed by atoms with Gasteiger partial charge in [0.1, 0.15) is 6.61 Å². The molecule has 4 nitrogen and oxygen atoms in total. The van der Waals surface area contributed by atoms with Crippen molar-refractivity contribution in [1.82, 2.24) is 0 Å². The van der Waals surface area contributed by atoms with Gasteiger partial charge < -0.3 is 9.94 Å². The molecule has 0 bridgehead atoms. The minimum Gasteiger partial charge on any atom is -0.385 e. The van der Waals surface area contributed by atoms with E-state index in [0.29, 0.717) is 0 Å². The molecule has 0 aliphatic heterocycles. The van der Waals surface area contributed by atoms with Crippen molar-refractivity contribution in [2.45, 2.75) is 0 Å². The molecule has 0 aromatic heterocycles. The van der Waals surface area contributed by atoms with Crippen LogP contribution in [0.2, 0.25) is 0 Å². The van der Waals surface area contributed by atoms with Gasteiger partial charge in [-0.1, -0.05) is 0 Å². The topological polar surface area (TPSA) is 72.5 Å². The fourth-order valence-corrected chi connectivity index (χ4v) is 0.0373. The van der Waals surface area contributed by atoms with Crippen LogP contribution in [0.1, 0.15) is 0 Å². The highest BCUT2D eigenvalue weighted by molar-refractivity contribution is 5.75. The summed E-state index contributed by atoms with van der Waals surface area (Å²) in [6.07, 6.45) is 0. The van der Waals surface area contributed by atoms with E-state index in [1.165, 1.54) is 0 Å². The van der Waals surface area contributed by atoms with Gasteiger partial charge in [-0.3, -0.25) is 0 Å². The second kappa shape index (κ2) is 5.92. The van der Waals surface area contributed by atoms with Gasteiger partial charge in [-0.15, -0.1) is 0 Å². The zero-order chi connectivity index (χ0) is 4.99.